The van der Waals surface area contributed by atoms with Crippen LogP contribution in [-0.4, -0.2) is 45.9 Å². The van der Waals surface area contributed by atoms with Gasteiger partial charge >= 0.3 is 5.97 Å². The van der Waals surface area contributed by atoms with Crippen molar-refractivity contribution in [3.05, 3.63) is 47.7 Å². The van der Waals surface area contributed by atoms with Crippen molar-refractivity contribution in [2.24, 2.45) is 0 Å². The maximum absolute atomic E-state index is 13.2. The fraction of sp³-hybridized carbons (Fsp3) is 0.703. The van der Waals surface area contributed by atoms with Crippen LogP contribution in [-0.2, 0) is 9.53 Å². The summed E-state index contributed by atoms with van der Waals surface area (Å²) >= 11 is 1.21. The number of carbonyl (C=O) groups is 1. The first-order chi connectivity index (χ1) is 21.6. The Balaban J connectivity index is 0.00000705. The molecule has 1 aromatic carbocycles. The van der Waals surface area contributed by atoms with Crippen LogP contribution in [0.15, 0.2) is 36.4 Å². The molecule has 1 aliphatic heterocycles. The van der Waals surface area contributed by atoms with Crippen LogP contribution in [0.25, 0.3) is 5.57 Å². The van der Waals surface area contributed by atoms with E-state index in [-0.39, 0.29) is 36.2 Å². The van der Waals surface area contributed by atoms with Crippen molar-refractivity contribution in [3.63, 3.8) is 0 Å². The van der Waals surface area contributed by atoms with Gasteiger partial charge in [-0.15, -0.1) is 4.37 Å². The number of aromatic nitrogens is 2. The minimum Gasteiger partial charge on any atom is -1.00 e. The number of hydrogen-bond donors (Lipinski definition) is 0. The van der Waals surface area contributed by atoms with Gasteiger partial charge in [-0.3, -0.25) is 9.28 Å². The van der Waals surface area contributed by atoms with Gasteiger partial charge in [-0.25, -0.2) is 0 Å². The molecule has 3 rings (SSSR count). The quantitative estimate of drug-likeness (QED) is 0.0483. The third-order valence-corrected chi connectivity index (χ3v) is 9.45. The van der Waals surface area contributed by atoms with Gasteiger partial charge in [-0.2, -0.15) is 4.37 Å². The Hall–Kier alpha value is -1.52. The number of benzene rings is 1. The van der Waals surface area contributed by atoms with E-state index in [0.717, 1.165) is 49.1 Å². The minimum absolute atomic E-state index is 0. The average Bonchev–Trinajstić information content (AvgIpc) is 3.51. The fourth-order valence-electron chi connectivity index (χ4n) is 6.25. The van der Waals surface area contributed by atoms with Gasteiger partial charge in [0, 0.05) is 18.4 Å². The van der Waals surface area contributed by atoms with Crippen LogP contribution in [0, 0.1) is 0 Å². The molecule has 254 valence electrons. The van der Waals surface area contributed by atoms with Gasteiger partial charge in [0.1, 0.15) is 12.2 Å². The first-order valence-corrected chi connectivity index (χ1v) is 18.5. The fourth-order valence-corrected chi connectivity index (χ4v) is 6.78. The number of esters is 1. The second-order valence-electron chi connectivity index (χ2n) is 13.0. The molecule has 8 heteroatoms. The third-order valence-electron chi connectivity index (χ3n) is 8.94. The number of nitrogens with zero attached hydrogens (tertiary/aromatic N) is 3. The molecule has 0 bridgehead atoms. The van der Waals surface area contributed by atoms with E-state index >= 15 is 0 Å². The summed E-state index contributed by atoms with van der Waals surface area (Å²) < 4.78 is 22.1. The smallest absolute Gasteiger partial charge is 0.310 e. The second kappa shape index (κ2) is 23.7. The molecule has 0 N–H and O–H groups in total. The molecular formula is C37H60IN3O3S. The van der Waals surface area contributed by atoms with E-state index in [1.54, 1.807) is 0 Å². The van der Waals surface area contributed by atoms with Crippen LogP contribution in [0.4, 0.5) is 0 Å². The molecule has 45 heavy (non-hydrogen) atoms. The lowest BCUT2D eigenvalue weighted by molar-refractivity contribution is -0.953. The molecule has 2 atom stereocenters. The Bertz CT molecular complexity index is 1080. The van der Waals surface area contributed by atoms with E-state index in [9.17, 15) is 4.79 Å². The molecule has 2 unspecified atom stereocenters. The van der Waals surface area contributed by atoms with Crippen LogP contribution in [0.5, 0.6) is 5.88 Å². The van der Waals surface area contributed by atoms with Gasteiger partial charge in [-0.1, -0.05) is 134 Å². The Morgan fingerprint density at radius 2 is 1.40 bits per heavy atom. The van der Waals surface area contributed by atoms with Crippen molar-refractivity contribution in [3.8, 4) is 5.88 Å². The zero-order chi connectivity index (χ0) is 31.3. The molecule has 1 aromatic heterocycles. The number of quaternary nitrogens is 1. The topological polar surface area (TPSA) is 61.3 Å². The lowest BCUT2D eigenvalue weighted by Gasteiger charge is -2.42. The van der Waals surface area contributed by atoms with Gasteiger partial charge in [0.2, 0.25) is 0 Å². The van der Waals surface area contributed by atoms with Gasteiger partial charge < -0.3 is 33.5 Å². The van der Waals surface area contributed by atoms with Crippen molar-refractivity contribution < 1.29 is 42.7 Å². The molecule has 0 saturated heterocycles. The number of hydrogen-bond acceptors (Lipinski definition) is 6. The third kappa shape index (κ3) is 14.8. The Labute approximate surface area is 295 Å². The van der Waals surface area contributed by atoms with Crippen LogP contribution in [0.3, 0.4) is 0 Å². The van der Waals surface area contributed by atoms with Gasteiger partial charge in [0.05, 0.1) is 37.5 Å². The molecular weight excluding hydrogens is 693 g/mol. The molecule has 0 spiro atoms. The maximum atomic E-state index is 13.2. The first-order valence-electron chi connectivity index (χ1n) is 17.8. The molecule has 2 heterocycles. The lowest BCUT2D eigenvalue weighted by Crippen LogP contribution is -3.00. The first kappa shape index (κ1) is 39.7. The monoisotopic (exact) mass is 753 g/mol. The molecule has 1 aliphatic rings. The zero-order valence-corrected chi connectivity index (χ0v) is 31.4. The molecule has 2 aromatic rings. The highest BCUT2D eigenvalue weighted by molar-refractivity contribution is 6.99. The highest BCUT2D eigenvalue weighted by Crippen LogP contribution is 2.37. The van der Waals surface area contributed by atoms with Crippen LogP contribution in [0.2, 0.25) is 0 Å². The van der Waals surface area contributed by atoms with Crippen LogP contribution < -0.4 is 28.7 Å². The number of ether oxygens (including phenoxy) is 2. The summed E-state index contributed by atoms with van der Waals surface area (Å²) in [4.78, 5) is 13.2. The number of rotatable bonds is 24. The largest absolute Gasteiger partial charge is 1.00 e. The van der Waals surface area contributed by atoms with E-state index in [2.05, 4.69) is 47.9 Å². The van der Waals surface area contributed by atoms with Crippen molar-refractivity contribution in [1.82, 2.24) is 8.75 Å². The van der Waals surface area contributed by atoms with Crippen molar-refractivity contribution in [2.45, 2.75) is 142 Å². The van der Waals surface area contributed by atoms with E-state index in [4.69, 9.17) is 9.47 Å². The number of carbonyl (C=O) groups excluding carboxylic acids is 1. The average molecular weight is 754 g/mol. The standard InChI is InChI=1S/C37H60N3O3S.HI/c1-4-6-8-10-11-12-13-14-15-16-17-18-22-28-34(41)43-37(32-25-20-19-21-26-32)40(3)29-24-27-33(31-40)35-36(39-44-38-35)42-30-23-9-7-5-2;/h19-21,25-27,37H,4-18,22-24,28-31H2,1-3H3;1H/q+1;/p-1. The van der Waals surface area contributed by atoms with Gasteiger partial charge in [-0.05, 0) is 25.0 Å². The maximum Gasteiger partial charge on any atom is 0.310 e. The summed E-state index contributed by atoms with van der Waals surface area (Å²) in [5.74, 6) is 0.547. The molecule has 0 fully saturated rings. The van der Waals surface area contributed by atoms with Crippen molar-refractivity contribution in [1.29, 1.82) is 0 Å². The number of unbranched alkanes of at least 4 members (excludes halogenated alkanes) is 15. The summed E-state index contributed by atoms with van der Waals surface area (Å²) in [5, 5.41) is 0. The van der Waals surface area contributed by atoms with Gasteiger partial charge in [0.15, 0.2) is 0 Å². The van der Waals surface area contributed by atoms with Crippen LogP contribution >= 0.6 is 11.7 Å². The Kier molecular flexibility index (Phi) is 20.9. The predicted molar refractivity (Wildman–Crippen MR) is 184 cm³/mol. The Morgan fingerprint density at radius 3 is 2.02 bits per heavy atom. The minimum atomic E-state index is -0.362. The highest BCUT2D eigenvalue weighted by Gasteiger charge is 2.40. The number of halogens is 1. The molecule has 6 nitrogen and oxygen atoms in total. The van der Waals surface area contributed by atoms with Gasteiger partial charge in [0.25, 0.3) is 12.1 Å². The second-order valence-corrected chi connectivity index (χ2v) is 13.5. The summed E-state index contributed by atoms with van der Waals surface area (Å²) in [7, 11) is 2.20. The van der Waals surface area contributed by atoms with Crippen LogP contribution in [0.1, 0.15) is 153 Å². The van der Waals surface area contributed by atoms with E-state index in [0.29, 0.717) is 29.9 Å². The molecule has 0 aliphatic carbocycles. The summed E-state index contributed by atoms with van der Waals surface area (Å²) in [6.07, 6.45) is 24.7. The summed E-state index contributed by atoms with van der Waals surface area (Å²) in [5.41, 5.74) is 3.02. The molecule has 0 saturated carbocycles. The van der Waals surface area contributed by atoms with E-state index < -0.39 is 0 Å². The van der Waals surface area contributed by atoms with E-state index in [1.165, 1.54) is 102 Å². The van der Waals surface area contributed by atoms with Crippen molar-refractivity contribution in [2.75, 3.05) is 26.7 Å². The normalized spacial score (nSPS) is 16.9. The highest BCUT2D eigenvalue weighted by atomic mass is 127. The molecule has 0 radical (unpaired) electrons. The SMILES string of the molecule is CCCCCCCCCCCCCCCC(=O)OC(c1ccccc1)[N+]1(C)CCC=C(c2nsnc2OCCCCCC)C1.[I-]. The van der Waals surface area contributed by atoms with Crippen molar-refractivity contribution >= 4 is 23.3 Å². The molecule has 0 amide bonds. The lowest BCUT2D eigenvalue weighted by atomic mass is 10.0. The summed E-state index contributed by atoms with van der Waals surface area (Å²) in [6.45, 7) is 6.76. The predicted octanol–water partition coefficient (Wildman–Crippen LogP) is 7.46. The summed E-state index contributed by atoms with van der Waals surface area (Å²) in [6, 6.07) is 10.2. The number of likely N-dealkylation sites (N-methyl/N-ethyl adjacent to an activating group) is 1. The zero-order valence-electron chi connectivity index (χ0n) is 28.5. The Morgan fingerprint density at radius 1 is 0.822 bits per heavy atom. The van der Waals surface area contributed by atoms with E-state index in [1.807, 2.05) is 18.2 Å².